The van der Waals surface area contributed by atoms with E-state index in [1.165, 1.54) is 28.7 Å². The van der Waals surface area contributed by atoms with Crippen LogP contribution >= 0.6 is 23.1 Å². The van der Waals surface area contributed by atoms with Crippen LogP contribution in [-0.4, -0.2) is 31.4 Å². The number of allylic oxidation sites excluding steroid dienone is 1. The fourth-order valence-corrected chi connectivity index (χ4v) is 4.49. The summed E-state index contributed by atoms with van der Waals surface area (Å²) in [5, 5.41) is 14.5. The van der Waals surface area contributed by atoms with Gasteiger partial charge in [0.05, 0.1) is 11.4 Å². The van der Waals surface area contributed by atoms with Crippen LogP contribution in [0.25, 0.3) is 11.3 Å². The summed E-state index contributed by atoms with van der Waals surface area (Å²) < 4.78 is 7.74. The molecular weight excluding hydrogens is 454 g/mol. The Hall–Kier alpha value is -3.43. The lowest BCUT2D eigenvalue weighted by atomic mass is 10.2. The van der Waals surface area contributed by atoms with E-state index in [9.17, 15) is 4.79 Å². The number of nitrogens with one attached hydrogen (secondary N) is 1. The number of amides is 1. The first kappa shape index (κ1) is 22.8. The smallest absolute Gasteiger partial charge is 0.236 e. The molecule has 0 saturated carbocycles. The molecule has 0 aliphatic rings. The van der Waals surface area contributed by atoms with Crippen molar-refractivity contribution in [2.45, 2.75) is 25.2 Å². The van der Waals surface area contributed by atoms with Gasteiger partial charge in [0.1, 0.15) is 12.4 Å². The van der Waals surface area contributed by atoms with Crippen molar-refractivity contribution in [3.05, 3.63) is 84.0 Å². The molecule has 9 heteroatoms. The second kappa shape index (κ2) is 10.9. The molecule has 0 saturated heterocycles. The van der Waals surface area contributed by atoms with Crippen molar-refractivity contribution >= 4 is 34.1 Å². The fraction of sp³-hybridized carbons (Fsp3) is 0.167. The number of aromatic nitrogens is 4. The minimum Gasteiger partial charge on any atom is -0.486 e. The Kier molecular flexibility index (Phi) is 7.54. The highest BCUT2D eigenvalue weighted by atomic mass is 32.2. The number of carbonyl (C=O) groups is 1. The number of benzene rings is 2. The molecule has 0 bridgehead atoms. The molecule has 1 amide bonds. The molecule has 2 aromatic heterocycles. The number of anilines is 1. The van der Waals surface area contributed by atoms with Crippen molar-refractivity contribution in [2.75, 3.05) is 11.1 Å². The average Bonchev–Trinajstić information content (AvgIpc) is 3.45. The number of thiazole rings is 1. The number of aryl methyl sites for hydroxylation is 1. The monoisotopic (exact) mass is 477 g/mol. The van der Waals surface area contributed by atoms with Crippen molar-refractivity contribution in [1.29, 1.82) is 0 Å². The van der Waals surface area contributed by atoms with Crippen LogP contribution in [0.1, 0.15) is 11.4 Å². The Morgan fingerprint density at radius 3 is 2.73 bits per heavy atom. The first-order valence-corrected chi connectivity index (χ1v) is 12.1. The zero-order chi connectivity index (χ0) is 23.0. The van der Waals surface area contributed by atoms with Crippen LogP contribution in [0, 0.1) is 6.92 Å². The van der Waals surface area contributed by atoms with Gasteiger partial charge in [-0.1, -0.05) is 65.9 Å². The molecule has 33 heavy (non-hydrogen) atoms. The van der Waals surface area contributed by atoms with Crippen LogP contribution in [0.3, 0.4) is 0 Å². The molecule has 4 rings (SSSR count). The number of thioether (sulfide) groups is 1. The number of hydrogen-bond donors (Lipinski definition) is 1. The highest BCUT2D eigenvalue weighted by Crippen LogP contribution is 2.25. The molecule has 7 nitrogen and oxygen atoms in total. The zero-order valence-electron chi connectivity index (χ0n) is 18.1. The number of hydrogen-bond acceptors (Lipinski definition) is 7. The van der Waals surface area contributed by atoms with Gasteiger partial charge in [0.25, 0.3) is 0 Å². The van der Waals surface area contributed by atoms with E-state index in [1.807, 2.05) is 71.5 Å². The maximum Gasteiger partial charge on any atom is 0.236 e. The minimum absolute atomic E-state index is 0.153. The third-order valence-corrected chi connectivity index (χ3v) is 6.37. The van der Waals surface area contributed by atoms with Gasteiger partial charge in [-0.3, -0.25) is 9.36 Å². The molecule has 0 aliphatic heterocycles. The van der Waals surface area contributed by atoms with Crippen LogP contribution < -0.4 is 10.1 Å². The minimum atomic E-state index is -0.153. The van der Waals surface area contributed by atoms with E-state index in [2.05, 4.69) is 27.1 Å². The lowest BCUT2D eigenvalue weighted by Gasteiger charge is -2.09. The van der Waals surface area contributed by atoms with E-state index in [1.54, 1.807) is 6.08 Å². The van der Waals surface area contributed by atoms with Crippen LogP contribution in [0.5, 0.6) is 5.75 Å². The van der Waals surface area contributed by atoms with Crippen LogP contribution in [0.15, 0.2) is 77.8 Å². The molecule has 0 fully saturated rings. The number of ether oxygens (including phenoxy) is 1. The van der Waals surface area contributed by atoms with Gasteiger partial charge in [-0.25, -0.2) is 4.98 Å². The number of carbonyl (C=O) groups excluding carboxylic acids is 1. The van der Waals surface area contributed by atoms with E-state index in [0.717, 1.165) is 17.0 Å². The van der Waals surface area contributed by atoms with Crippen molar-refractivity contribution in [3.8, 4) is 17.0 Å². The number of rotatable bonds is 10. The largest absolute Gasteiger partial charge is 0.486 e. The highest BCUT2D eigenvalue weighted by molar-refractivity contribution is 7.99. The Bertz CT molecular complexity index is 1220. The van der Waals surface area contributed by atoms with Gasteiger partial charge in [-0.15, -0.1) is 28.1 Å². The lowest BCUT2D eigenvalue weighted by Crippen LogP contribution is -2.15. The summed E-state index contributed by atoms with van der Waals surface area (Å²) in [5.74, 6) is 1.47. The van der Waals surface area contributed by atoms with Crippen molar-refractivity contribution in [3.63, 3.8) is 0 Å². The molecule has 1 N–H and O–H groups in total. The van der Waals surface area contributed by atoms with E-state index in [4.69, 9.17) is 4.74 Å². The van der Waals surface area contributed by atoms with E-state index in [-0.39, 0.29) is 18.3 Å². The summed E-state index contributed by atoms with van der Waals surface area (Å²) in [6, 6.07) is 17.7. The summed E-state index contributed by atoms with van der Waals surface area (Å²) in [7, 11) is 0. The van der Waals surface area contributed by atoms with Gasteiger partial charge in [0, 0.05) is 17.5 Å². The van der Waals surface area contributed by atoms with Crippen LogP contribution in [0.2, 0.25) is 0 Å². The SMILES string of the molecule is C=CCn1c(COc2ccc(C)cc2)nnc1SCC(=O)Nc1nc(-c2ccccc2)cs1. The van der Waals surface area contributed by atoms with Crippen molar-refractivity contribution in [2.24, 2.45) is 0 Å². The van der Waals surface area contributed by atoms with E-state index >= 15 is 0 Å². The Morgan fingerprint density at radius 1 is 1.18 bits per heavy atom. The highest BCUT2D eigenvalue weighted by Gasteiger charge is 2.15. The molecule has 0 aliphatic carbocycles. The zero-order valence-corrected chi connectivity index (χ0v) is 19.7. The van der Waals surface area contributed by atoms with Gasteiger partial charge in [-0.05, 0) is 19.1 Å². The standard InChI is InChI=1S/C24H23N5O2S2/c1-3-13-29-21(14-31-19-11-9-17(2)10-12-19)27-28-24(29)33-16-22(30)26-23-25-20(15-32-23)18-7-5-4-6-8-18/h3-12,15H,1,13-14,16H2,2H3,(H,25,26,30). The average molecular weight is 478 g/mol. The quantitative estimate of drug-likeness (QED) is 0.250. The lowest BCUT2D eigenvalue weighted by molar-refractivity contribution is -0.113. The van der Waals surface area contributed by atoms with Crippen molar-refractivity contribution < 1.29 is 9.53 Å². The van der Waals surface area contributed by atoms with Gasteiger partial charge in [0.15, 0.2) is 16.1 Å². The van der Waals surface area contributed by atoms with Crippen LogP contribution in [0.4, 0.5) is 5.13 Å². The Labute approximate surface area is 200 Å². The molecule has 0 radical (unpaired) electrons. The van der Waals surface area contributed by atoms with Gasteiger partial charge in [-0.2, -0.15) is 0 Å². The van der Waals surface area contributed by atoms with Gasteiger partial charge < -0.3 is 10.1 Å². The second-order valence-corrected chi connectivity index (χ2v) is 8.94. The van der Waals surface area contributed by atoms with Gasteiger partial charge in [0.2, 0.25) is 5.91 Å². The molecule has 0 atom stereocenters. The van der Waals surface area contributed by atoms with E-state index in [0.29, 0.717) is 22.7 Å². The molecule has 0 spiro atoms. The first-order valence-electron chi connectivity index (χ1n) is 10.3. The summed E-state index contributed by atoms with van der Waals surface area (Å²) >= 11 is 2.71. The summed E-state index contributed by atoms with van der Waals surface area (Å²) in [4.78, 5) is 17.0. The first-order chi connectivity index (χ1) is 16.1. The predicted molar refractivity (Wildman–Crippen MR) is 133 cm³/mol. The Balaban J connectivity index is 1.34. The third kappa shape index (κ3) is 6.09. The van der Waals surface area contributed by atoms with E-state index < -0.39 is 0 Å². The van der Waals surface area contributed by atoms with Gasteiger partial charge >= 0.3 is 0 Å². The Morgan fingerprint density at radius 2 is 1.97 bits per heavy atom. The molecular formula is C24H23N5O2S2. The predicted octanol–water partition coefficient (Wildman–Crippen LogP) is 5.21. The topological polar surface area (TPSA) is 81.9 Å². The summed E-state index contributed by atoms with van der Waals surface area (Å²) in [5.41, 5.74) is 3.03. The number of nitrogens with zero attached hydrogens (tertiary/aromatic N) is 4. The molecule has 4 aromatic rings. The summed E-state index contributed by atoms with van der Waals surface area (Å²) in [6.07, 6.45) is 1.77. The molecule has 2 heterocycles. The molecule has 2 aromatic carbocycles. The van der Waals surface area contributed by atoms with Crippen LogP contribution in [-0.2, 0) is 17.9 Å². The fourth-order valence-electron chi connectivity index (χ4n) is 2.99. The second-order valence-electron chi connectivity index (χ2n) is 7.14. The molecule has 0 unspecified atom stereocenters. The van der Waals surface area contributed by atoms with Crippen molar-refractivity contribution in [1.82, 2.24) is 19.7 Å². The maximum absolute atomic E-state index is 12.5. The molecule has 168 valence electrons. The normalized spacial score (nSPS) is 10.7. The third-order valence-electron chi connectivity index (χ3n) is 4.65. The summed E-state index contributed by atoms with van der Waals surface area (Å²) in [6.45, 7) is 6.64. The maximum atomic E-state index is 12.5.